The second-order valence-electron chi connectivity index (χ2n) is 5.48. The highest BCUT2D eigenvalue weighted by Gasteiger charge is 2.35. The number of rotatable bonds is 4. The molecule has 0 saturated carbocycles. The van der Waals surface area contributed by atoms with E-state index in [2.05, 4.69) is 10.2 Å². The molecule has 0 aliphatic carbocycles. The molecule has 0 bridgehead atoms. The zero-order chi connectivity index (χ0) is 14.8. The van der Waals surface area contributed by atoms with Gasteiger partial charge < -0.3 is 9.52 Å². The van der Waals surface area contributed by atoms with Gasteiger partial charge in [-0.15, -0.1) is 10.2 Å². The third-order valence-corrected chi connectivity index (χ3v) is 3.85. The van der Waals surface area contributed by atoms with Crippen molar-refractivity contribution >= 4 is 5.97 Å². The largest absolute Gasteiger partial charge is 0.481 e. The molecule has 21 heavy (non-hydrogen) atoms. The lowest BCUT2D eigenvalue weighted by molar-refractivity contribution is -0.142. The molecule has 1 saturated heterocycles. The Labute approximate surface area is 122 Å². The molecule has 110 valence electrons. The molecule has 6 heteroatoms. The Kier molecular flexibility index (Phi) is 3.70. The van der Waals surface area contributed by atoms with Crippen molar-refractivity contribution in [2.45, 2.75) is 13.5 Å². The van der Waals surface area contributed by atoms with Crippen LogP contribution in [0.1, 0.15) is 12.8 Å². The van der Waals surface area contributed by atoms with E-state index in [1.165, 1.54) is 0 Å². The highest BCUT2D eigenvalue weighted by Crippen LogP contribution is 2.25. The zero-order valence-corrected chi connectivity index (χ0v) is 11.8. The fraction of sp³-hybridized carbons (Fsp3) is 0.400. The van der Waals surface area contributed by atoms with Crippen LogP contribution < -0.4 is 0 Å². The van der Waals surface area contributed by atoms with Crippen LogP contribution in [0.25, 0.3) is 11.5 Å². The van der Waals surface area contributed by atoms with Gasteiger partial charge in [0.05, 0.1) is 12.5 Å². The number of aliphatic carboxylic acids is 1. The number of carbonyl (C=O) groups is 1. The van der Waals surface area contributed by atoms with E-state index in [4.69, 9.17) is 9.52 Å². The number of aromatic nitrogens is 2. The molecule has 2 aromatic rings. The monoisotopic (exact) mass is 287 g/mol. The Balaban J connectivity index is 1.67. The second kappa shape index (κ2) is 5.65. The van der Waals surface area contributed by atoms with Gasteiger partial charge in [0.15, 0.2) is 0 Å². The number of likely N-dealkylation sites (tertiary alicyclic amines) is 1. The van der Waals surface area contributed by atoms with E-state index in [1.807, 2.05) is 42.2 Å². The summed E-state index contributed by atoms with van der Waals surface area (Å²) in [5.41, 5.74) is 0.884. The van der Waals surface area contributed by atoms with Crippen LogP contribution in [0.5, 0.6) is 0 Å². The summed E-state index contributed by atoms with van der Waals surface area (Å²) in [7, 11) is 0. The second-order valence-corrected chi connectivity index (χ2v) is 5.48. The summed E-state index contributed by atoms with van der Waals surface area (Å²) in [6.45, 7) is 3.72. The normalized spacial score (nSPS) is 22.5. The Morgan fingerprint density at radius 2 is 2.10 bits per heavy atom. The average Bonchev–Trinajstić information content (AvgIpc) is 3.07. The van der Waals surface area contributed by atoms with E-state index in [9.17, 15) is 4.79 Å². The molecule has 6 nitrogen and oxygen atoms in total. The quantitative estimate of drug-likeness (QED) is 0.925. The van der Waals surface area contributed by atoms with Crippen LogP contribution in [0.2, 0.25) is 0 Å². The van der Waals surface area contributed by atoms with Crippen LogP contribution in [0.15, 0.2) is 34.7 Å². The molecular formula is C15H17N3O3. The molecule has 1 aliphatic heterocycles. The van der Waals surface area contributed by atoms with Gasteiger partial charge in [0.2, 0.25) is 11.8 Å². The van der Waals surface area contributed by atoms with Crippen molar-refractivity contribution in [3.63, 3.8) is 0 Å². The summed E-state index contributed by atoms with van der Waals surface area (Å²) in [6, 6.07) is 9.58. The summed E-state index contributed by atoms with van der Waals surface area (Å²) in [5, 5.41) is 17.2. The number of nitrogens with zero attached hydrogens (tertiary/aromatic N) is 3. The Bertz CT molecular complexity index is 626. The van der Waals surface area contributed by atoms with Crippen LogP contribution in [-0.2, 0) is 11.3 Å². The standard InChI is InChI=1S/C15H17N3O3/c1-10-7-18(8-12(10)15(19)20)9-13-16-17-14(21-13)11-5-3-2-4-6-11/h2-6,10,12H,7-9H2,1H3,(H,19,20). The molecule has 1 fully saturated rings. The van der Waals surface area contributed by atoms with Gasteiger partial charge in [-0.05, 0) is 18.1 Å². The van der Waals surface area contributed by atoms with Crippen LogP contribution in [0.4, 0.5) is 0 Å². The fourth-order valence-electron chi connectivity index (χ4n) is 2.72. The van der Waals surface area contributed by atoms with Crippen molar-refractivity contribution < 1.29 is 14.3 Å². The van der Waals surface area contributed by atoms with Gasteiger partial charge in [-0.3, -0.25) is 9.69 Å². The number of hydrogen-bond donors (Lipinski definition) is 1. The minimum absolute atomic E-state index is 0.138. The van der Waals surface area contributed by atoms with E-state index in [0.29, 0.717) is 24.9 Å². The number of hydrogen-bond acceptors (Lipinski definition) is 5. The SMILES string of the molecule is CC1CN(Cc2nnc(-c3ccccc3)o2)CC1C(=O)O. The van der Waals surface area contributed by atoms with Crippen LogP contribution >= 0.6 is 0 Å². The third-order valence-electron chi connectivity index (χ3n) is 3.85. The highest BCUT2D eigenvalue weighted by atomic mass is 16.4. The predicted octanol–water partition coefficient (Wildman–Crippen LogP) is 1.89. The van der Waals surface area contributed by atoms with Crippen LogP contribution in [0.3, 0.4) is 0 Å². The fourth-order valence-corrected chi connectivity index (χ4v) is 2.72. The van der Waals surface area contributed by atoms with Gasteiger partial charge in [0.1, 0.15) is 0 Å². The first kappa shape index (κ1) is 13.8. The molecule has 2 unspecified atom stereocenters. The molecule has 0 amide bonds. The molecule has 1 aromatic carbocycles. The minimum Gasteiger partial charge on any atom is -0.481 e. The molecule has 1 aliphatic rings. The maximum absolute atomic E-state index is 11.1. The average molecular weight is 287 g/mol. The number of carboxylic acid groups (broad SMARTS) is 1. The zero-order valence-electron chi connectivity index (χ0n) is 11.8. The van der Waals surface area contributed by atoms with E-state index >= 15 is 0 Å². The maximum atomic E-state index is 11.1. The molecule has 3 rings (SSSR count). The number of benzene rings is 1. The van der Waals surface area contributed by atoms with Gasteiger partial charge >= 0.3 is 5.97 Å². The smallest absolute Gasteiger partial charge is 0.308 e. The molecule has 2 heterocycles. The first-order valence-corrected chi connectivity index (χ1v) is 6.96. The van der Waals surface area contributed by atoms with Gasteiger partial charge in [-0.1, -0.05) is 25.1 Å². The first-order valence-electron chi connectivity index (χ1n) is 6.96. The van der Waals surface area contributed by atoms with Gasteiger partial charge in [-0.25, -0.2) is 0 Å². The minimum atomic E-state index is -0.736. The van der Waals surface area contributed by atoms with Crippen molar-refractivity contribution in [2.75, 3.05) is 13.1 Å². The summed E-state index contributed by atoms with van der Waals surface area (Å²) in [6.07, 6.45) is 0. The van der Waals surface area contributed by atoms with Gasteiger partial charge in [0.25, 0.3) is 0 Å². The molecule has 1 aromatic heterocycles. The van der Waals surface area contributed by atoms with E-state index in [0.717, 1.165) is 12.1 Å². The predicted molar refractivity (Wildman–Crippen MR) is 75.3 cm³/mol. The van der Waals surface area contributed by atoms with E-state index < -0.39 is 5.97 Å². The van der Waals surface area contributed by atoms with Crippen molar-refractivity contribution in [3.05, 3.63) is 36.2 Å². The van der Waals surface area contributed by atoms with E-state index in [1.54, 1.807) is 0 Å². The molecule has 0 spiro atoms. The maximum Gasteiger partial charge on any atom is 0.308 e. The van der Waals surface area contributed by atoms with Crippen LogP contribution in [-0.4, -0.2) is 39.3 Å². The van der Waals surface area contributed by atoms with Crippen molar-refractivity contribution in [3.8, 4) is 11.5 Å². The van der Waals surface area contributed by atoms with Crippen molar-refractivity contribution in [1.82, 2.24) is 15.1 Å². The summed E-state index contributed by atoms with van der Waals surface area (Å²) in [5.74, 6) is 0.0979. The van der Waals surface area contributed by atoms with Crippen molar-refractivity contribution in [1.29, 1.82) is 0 Å². The lowest BCUT2D eigenvalue weighted by Crippen LogP contribution is -2.23. The Hall–Kier alpha value is -2.21. The van der Waals surface area contributed by atoms with E-state index in [-0.39, 0.29) is 11.8 Å². The molecule has 2 atom stereocenters. The lowest BCUT2D eigenvalue weighted by atomic mass is 9.99. The van der Waals surface area contributed by atoms with Crippen molar-refractivity contribution in [2.24, 2.45) is 11.8 Å². The highest BCUT2D eigenvalue weighted by molar-refractivity contribution is 5.71. The van der Waals surface area contributed by atoms with Gasteiger partial charge in [0, 0.05) is 18.7 Å². The lowest BCUT2D eigenvalue weighted by Gasteiger charge is -2.11. The molecule has 1 N–H and O–H groups in total. The Morgan fingerprint density at radius 3 is 2.76 bits per heavy atom. The molecular weight excluding hydrogens is 270 g/mol. The molecule has 0 radical (unpaired) electrons. The first-order chi connectivity index (χ1) is 10.1. The summed E-state index contributed by atoms with van der Waals surface area (Å²) >= 11 is 0. The Morgan fingerprint density at radius 1 is 1.33 bits per heavy atom. The van der Waals surface area contributed by atoms with Gasteiger partial charge in [-0.2, -0.15) is 0 Å². The number of carboxylic acids is 1. The third kappa shape index (κ3) is 2.95. The van der Waals surface area contributed by atoms with Crippen LogP contribution in [0, 0.1) is 11.8 Å². The summed E-state index contributed by atoms with van der Waals surface area (Å²) in [4.78, 5) is 13.2. The topological polar surface area (TPSA) is 79.5 Å². The summed E-state index contributed by atoms with van der Waals surface area (Å²) < 4.78 is 5.65.